The number of aromatic nitrogens is 3. The standard InChI is InChI=1S/C11H12N4O/c1-8(16)2-4-10-13-14-11-5-3-9(6-12)7-15(10)11/h3,5,7-8,16H,2,4H2,1H3. The quantitative estimate of drug-likeness (QED) is 0.827. The largest absolute Gasteiger partial charge is 0.393 e. The number of pyridine rings is 1. The molecule has 2 heterocycles. The van der Waals surface area contributed by atoms with Crippen molar-refractivity contribution >= 4 is 5.65 Å². The van der Waals surface area contributed by atoms with Gasteiger partial charge < -0.3 is 5.11 Å². The highest BCUT2D eigenvalue weighted by Gasteiger charge is 2.07. The molecule has 2 aromatic heterocycles. The van der Waals surface area contributed by atoms with Crippen LogP contribution < -0.4 is 0 Å². The van der Waals surface area contributed by atoms with Gasteiger partial charge in [-0.2, -0.15) is 5.26 Å². The van der Waals surface area contributed by atoms with Crippen molar-refractivity contribution < 1.29 is 5.11 Å². The van der Waals surface area contributed by atoms with Crippen molar-refractivity contribution in [2.45, 2.75) is 25.9 Å². The van der Waals surface area contributed by atoms with E-state index in [-0.39, 0.29) is 6.10 Å². The first kappa shape index (κ1) is 10.6. The lowest BCUT2D eigenvalue weighted by Crippen LogP contribution is -2.04. The molecule has 0 aromatic carbocycles. The number of aryl methyl sites for hydroxylation is 1. The molecule has 0 aliphatic heterocycles. The van der Waals surface area contributed by atoms with Crippen LogP contribution in [0.15, 0.2) is 18.3 Å². The monoisotopic (exact) mass is 216 g/mol. The summed E-state index contributed by atoms with van der Waals surface area (Å²) in [5.74, 6) is 0.771. The van der Waals surface area contributed by atoms with Gasteiger partial charge in [0.25, 0.3) is 0 Å². The molecule has 0 aliphatic rings. The summed E-state index contributed by atoms with van der Waals surface area (Å²) in [5, 5.41) is 26.0. The first-order valence-corrected chi connectivity index (χ1v) is 5.12. The molecule has 82 valence electrons. The van der Waals surface area contributed by atoms with Crippen molar-refractivity contribution in [3.05, 3.63) is 29.7 Å². The average molecular weight is 216 g/mol. The molecule has 0 bridgehead atoms. The summed E-state index contributed by atoms with van der Waals surface area (Å²) >= 11 is 0. The molecule has 5 nitrogen and oxygen atoms in total. The second kappa shape index (κ2) is 4.29. The number of nitrogens with zero attached hydrogens (tertiary/aromatic N) is 4. The van der Waals surface area contributed by atoms with E-state index in [1.54, 1.807) is 29.7 Å². The van der Waals surface area contributed by atoms with Crippen molar-refractivity contribution in [3.8, 4) is 6.07 Å². The van der Waals surface area contributed by atoms with Gasteiger partial charge in [0.05, 0.1) is 11.7 Å². The summed E-state index contributed by atoms with van der Waals surface area (Å²) in [6, 6.07) is 5.55. The second-order valence-corrected chi connectivity index (χ2v) is 3.76. The molecular formula is C11H12N4O. The third kappa shape index (κ3) is 2.02. The zero-order valence-corrected chi connectivity index (χ0v) is 8.96. The topological polar surface area (TPSA) is 74.2 Å². The van der Waals surface area contributed by atoms with Crippen LogP contribution in [-0.4, -0.2) is 25.8 Å². The predicted octanol–water partition coefficient (Wildman–Crippen LogP) is 0.914. The Balaban J connectivity index is 2.35. The minimum absolute atomic E-state index is 0.355. The Kier molecular flexibility index (Phi) is 2.84. The Hall–Kier alpha value is -1.93. The van der Waals surface area contributed by atoms with Crippen LogP contribution in [0.2, 0.25) is 0 Å². The molecule has 2 rings (SSSR count). The Labute approximate surface area is 93.0 Å². The Morgan fingerprint density at radius 2 is 2.31 bits per heavy atom. The maximum atomic E-state index is 9.21. The van der Waals surface area contributed by atoms with Crippen molar-refractivity contribution in [1.29, 1.82) is 5.26 Å². The first-order chi connectivity index (χ1) is 7.70. The lowest BCUT2D eigenvalue weighted by molar-refractivity contribution is 0.184. The first-order valence-electron chi connectivity index (χ1n) is 5.12. The Bertz CT molecular complexity index is 538. The van der Waals surface area contributed by atoms with Crippen LogP contribution in [0.4, 0.5) is 0 Å². The van der Waals surface area contributed by atoms with Crippen LogP contribution in [0.1, 0.15) is 24.7 Å². The van der Waals surface area contributed by atoms with E-state index in [0.717, 1.165) is 11.5 Å². The number of hydrogen-bond donors (Lipinski definition) is 1. The lowest BCUT2D eigenvalue weighted by atomic mass is 10.2. The van der Waals surface area contributed by atoms with Crippen molar-refractivity contribution in [2.24, 2.45) is 0 Å². The van der Waals surface area contributed by atoms with Crippen LogP contribution in [0.25, 0.3) is 5.65 Å². The molecular weight excluding hydrogens is 204 g/mol. The van der Waals surface area contributed by atoms with E-state index in [1.807, 2.05) is 0 Å². The maximum Gasteiger partial charge on any atom is 0.160 e. The van der Waals surface area contributed by atoms with Gasteiger partial charge in [0, 0.05) is 12.6 Å². The highest BCUT2D eigenvalue weighted by Crippen LogP contribution is 2.08. The molecule has 0 saturated heterocycles. The lowest BCUT2D eigenvalue weighted by Gasteiger charge is -2.02. The molecule has 5 heteroatoms. The minimum atomic E-state index is -0.355. The molecule has 0 spiro atoms. The van der Waals surface area contributed by atoms with E-state index in [4.69, 9.17) is 5.26 Å². The van der Waals surface area contributed by atoms with Crippen LogP contribution in [-0.2, 0) is 6.42 Å². The van der Waals surface area contributed by atoms with E-state index in [2.05, 4.69) is 16.3 Å². The zero-order chi connectivity index (χ0) is 11.5. The molecule has 0 aliphatic carbocycles. The van der Waals surface area contributed by atoms with Gasteiger partial charge in [-0.05, 0) is 25.5 Å². The number of hydrogen-bond acceptors (Lipinski definition) is 4. The number of fused-ring (bicyclic) bond motifs is 1. The Morgan fingerprint density at radius 1 is 1.50 bits per heavy atom. The van der Waals surface area contributed by atoms with Gasteiger partial charge in [-0.3, -0.25) is 4.40 Å². The molecule has 2 aromatic rings. The molecule has 0 saturated carbocycles. The summed E-state index contributed by atoms with van der Waals surface area (Å²) in [5.41, 5.74) is 1.30. The summed E-state index contributed by atoms with van der Waals surface area (Å²) in [7, 11) is 0. The van der Waals surface area contributed by atoms with Crippen LogP contribution in [0.5, 0.6) is 0 Å². The smallest absolute Gasteiger partial charge is 0.160 e. The van der Waals surface area contributed by atoms with Crippen molar-refractivity contribution in [2.75, 3.05) is 0 Å². The number of aliphatic hydroxyl groups excluding tert-OH is 1. The normalized spacial score (nSPS) is 12.6. The fourth-order valence-electron chi connectivity index (χ4n) is 1.51. The molecule has 1 unspecified atom stereocenters. The maximum absolute atomic E-state index is 9.21. The van der Waals surface area contributed by atoms with Gasteiger partial charge >= 0.3 is 0 Å². The zero-order valence-electron chi connectivity index (χ0n) is 8.96. The molecule has 1 N–H and O–H groups in total. The SMILES string of the molecule is CC(O)CCc1nnc2ccc(C#N)cn12. The van der Waals surface area contributed by atoms with Crippen LogP contribution in [0.3, 0.4) is 0 Å². The fraction of sp³-hybridized carbons (Fsp3) is 0.364. The third-order valence-electron chi connectivity index (χ3n) is 2.39. The van der Waals surface area contributed by atoms with E-state index >= 15 is 0 Å². The van der Waals surface area contributed by atoms with Gasteiger partial charge in [-0.1, -0.05) is 0 Å². The highest BCUT2D eigenvalue weighted by atomic mass is 16.3. The van der Waals surface area contributed by atoms with Gasteiger partial charge in [-0.25, -0.2) is 0 Å². The summed E-state index contributed by atoms with van der Waals surface area (Å²) in [6.45, 7) is 1.74. The van der Waals surface area contributed by atoms with Gasteiger partial charge in [-0.15, -0.1) is 10.2 Å². The highest BCUT2D eigenvalue weighted by molar-refractivity contribution is 5.42. The van der Waals surface area contributed by atoms with Gasteiger partial charge in [0.2, 0.25) is 0 Å². The fourth-order valence-corrected chi connectivity index (χ4v) is 1.51. The minimum Gasteiger partial charge on any atom is -0.393 e. The third-order valence-corrected chi connectivity index (χ3v) is 2.39. The predicted molar refractivity (Wildman–Crippen MR) is 57.7 cm³/mol. The van der Waals surface area contributed by atoms with E-state index in [1.165, 1.54) is 0 Å². The number of nitriles is 1. The summed E-state index contributed by atoms with van der Waals surface area (Å²) in [4.78, 5) is 0. The molecule has 0 amide bonds. The Morgan fingerprint density at radius 3 is 3.00 bits per heavy atom. The van der Waals surface area contributed by atoms with E-state index in [0.29, 0.717) is 18.4 Å². The van der Waals surface area contributed by atoms with Gasteiger partial charge in [0.15, 0.2) is 5.65 Å². The molecule has 0 radical (unpaired) electrons. The summed E-state index contributed by atoms with van der Waals surface area (Å²) < 4.78 is 1.79. The van der Waals surface area contributed by atoms with E-state index < -0.39 is 0 Å². The van der Waals surface area contributed by atoms with Crippen LogP contribution >= 0.6 is 0 Å². The van der Waals surface area contributed by atoms with Crippen molar-refractivity contribution in [1.82, 2.24) is 14.6 Å². The molecule has 1 atom stereocenters. The molecule has 16 heavy (non-hydrogen) atoms. The van der Waals surface area contributed by atoms with Crippen molar-refractivity contribution in [3.63, 3.8) is 0 Å². The number of aliphatic hydroxyl groups is 1. The molecule has 0 fully saturated rings. The van der Waals surface area contributed by atoms with Crippen LogP contribution in [0, 0.1) is 11.3 Å². The number of rotatable bonds is 3. The van der Waals surface area contributed by atoms with E-state index in [9.17, 15) is 5.11 Å². The van der Waals surface area contributed by atoms with Gasteiger partial charge in [0.1, 0.15) is 11.9 Å². The average Bonchev–Trinajstić information content (AvgIpc) is 2.68. The summed E-state index contributed by atoms with van der Waals surface area (Å²) in [6.07, 6.45) is 2.64. The second-order valence-electron chi connectivity index (χ2n) is 3.76.